The Morgan fingerprint density at radius 1 is 0.913 bits per heavy atom. The summed E-state index contributed by atoms with van der Waals surface area (Å²) in [7, 11) is 1.30. The number of esters is 1. The molecule has 4 aromatic carbocycles. The Hall–Kier alpha value is -5.03. The number of imidazole rings is 1. The Balaban J connectivity index is 1.16. The Morgan fingerprint density at radius 3 is 2.37 bits per heavy atom. The van der Waals surface area contributed by atoms with Gasteiger partial charge in [0.25, 0.3) is 0 Å². The zero-order chi connectivity index (χ0) is 31.9. The molecule has 1 aromatic heterocycles. The van der Waals surface area contributed by atoms with Gasteiger partial charge < -0.3 is 34.5 Å². The second-order valence-electron chi connectivity index (χ2n) is 11.2. The average molecular weight is 621 g/mol. The molecule has 10 nitrogen and oxygen atoms in total. The van der Waals surface area contributed by atoms with Gasteiger partial charge in [-0.2, -0.15) is 0 Å². The molecule has 1 aliphatic heterocycles. The maximum absolute atomic E-state index is 12.9. The third kappa shape index (κ3) is 7.43. The third-order valence-corrected chi connectivity index (χ3v) is 8.06. The Kier molecular flexibility index (Phi) is 9.68. The zero-order valence-corrected chi connectivity index (χ0v) is 25.4. The molecule has 0 aliphatic carbocycles. The number of benzene rings is 4. The summed E-state index contributed by atoms with van der Waals surface area (Å²) < 4.78 is 20.0. The number of anilines is 1. The molecule has 3 N–H and O–H groups in total. The van der Waals surface area contributed by atoms with E-state index in [-0.39, 0.29) is 18.8 Å². The molecule has 1 aliphatic rings. The van der Waals surface area contributed by atoms with Crippen LogP contribution in [-0.2, 0) is 38.6 Å². The number of aliphatic hydroxyl groups is 1. The second-order valence-corrected chi connectivity index (χ2v) is 11.2. The standard InChI is InChI=1S/C36H36N4O6/c1-44-34(42)31(19-24-7-3-2-4-8-24)39-36(43)38-28-17-15-27(16-18-28)35-45-29(21-40-23-37-30-9-5-6-10-32(30)40)20-33(46-35)26-13-11-25(22-41)12-14-26/h2-18,23,29,31,33,35,41H,19-22H2,1H3,(H2,38,39,43). The summed E-state index contributed by atoms with van der Waals surface area (Å²) in [6.45, 7) is 0.568. The number of carbonyl (C=O) groups excluding carboxylic acids is 2. The smallest absolute Gasteiger partial charge is 0.328 e. The van der Waals surface area contributed by atoms with Crippen molar-refractivity contribution in [3.63, 3.8) is 0 Å². The molecular formula is C36H36N4O6. The van der Waals surface area contributed by atoms with Gasteiger partial charge in [-0.15, -0.1) is 0 Å². The fraction of sp³-hybridized carbons (Fsp3) is 0.250. The van der Waals surface area contributed by atoms with Gasteiger partial charge in [-0.25, -0.2) is 14.6 Å². The predicted octanol–water partition coefficient (Wildman–Crippen LogP) is 5.68. The van der Waals surface area contributed by atoms with Crippen LogP contribution in [0.2, 0.25) is 0 Å². The number of urea groups is 1. The lowest BCUT2D eigenvalue weighted by atomic mass is 10.00. The van der Waals surface area contributed by atoms with Gasteiger partial charge in [0.05, 0.1) is 49.8 Å². The number of carbonyl (C=O) groups is 2. The lowest BCUT2D eigenvalue weighted by molar-refractivity contribution is -0.252. The number of nitrogens with zero attached hydrogens (tertiary/aromatic N) is 2. The molecule has 4 atom stereocenters. The normalized spacial score (nSPS) is 18.5. The van der Waals surface area contributed by atoms with E-state index in [0.29, 0.717) is 25.1 Å². The van der Waals surface area contributed by atoms with Crippen molar-refractivity contribution in [2.45, 2.75) is 50.5 Å². The SMILES string of the molecule is COC(=O)C(Cc1ccccc1)NC(=O)Nc1ccc(C2OC(Cn3cnc4ccccc43)CC(c3ccc(CO)cc3)O2)cc1. The number of fused-ring (bicyclic) bond motifs is 1. The molecule has 236 valence electrons. The number of amides is 2. The average Bonchev–Trinajstić information content (AvgIpc) is 3.50. The van der Waals surface area contributed by atoms with Crippen molar-refractivity contribution < 1.29 is 28.9 Å². The van der Waals surface area contributed by atoms with Crippen molar-refractivity contribution in [2.75, 3.05) is 12.4 Å². The van der Waals surface area contributed by atoms with Gasteiger partial charge in [-0.3, -0.25) is 0 Å². The van der Waals surface area contributed by atoms with Gasteiger partial charge >= 0.3 is 12.0 Å². The van der Waals surface area contributed by atoms with Gasteiger partial charge in [-0.1, -0.05) is 78.9 Å². The molecule has 0 saturated carbocycles. The fourth-order valence-corrected chi connectivity index (χ4v) is 5.64. The second kappa shape index (κ2) is 14.4. The maximum atomic E-state index is 12.9. The maximum Gasteiger partial charge on any atom is 0.328 e. The Morgan fingerprint density at radius 2 is 1.63 bits per heavy atom. The van der Waals surface area contributed by atoms with Crippen LogP contribution in [0.5, 0.6) is 0 Å². The van der Waals surface area contributed by atoms with Crippen molar-refractivity contribution >= 4 is 28.7 Å². The van der Waals surface area contributed by atoms with E-state index in [4.69, 9.17) is 14.2 Å². The van der Waals surface area contributed by atoms with Crippen molar-refractivity contribution in [3.05, 3.63) is 132 Å². The summed E-state index contributed by atoms with van der Waals surface area (Å²) in [5.41, 5.74) is 6.02. The highest BCUT2D eigenvalue weighted by Gasteiger charge is 2.33. The number of para-hydroxylation sites is 2. The lowest BCUT2D eigenvalue weighted by Crippen LogP contribution is -2.45. The topological polar surface area (TPSA) is 124 Å². The first-order valence-corrected chi connectivity index (χ1v) is 15.2. The van der Waals surface area contributed by atoms with Crippen LogP contribution in [0.25, 0.3) is 11.0 Å². The minimum Gasteiger partial charge on any atom is -0.467 e. The monoisotopic (exact) mass is 620 g/mol. The number of aliphatic hydroxyl groups excluding tert-OH is 1. The van der Waals surface area contributed by atoms with E-state index in [0.717, 1.165) is 33.3 Å². The minimum absolute atomic E-state index is 0.0252. The highest BCUT2D eigenvalue weighted by molar-refractivity contribution is 5.92. The minimum atomic E-state index is -0.844. The summed E-state index contributed by atoms with van der Waals surface area (Å²) in [4.78, 5) is 29.7. The molecule has 1 fully saturated rings. The van der Waals surface area contributed by atoms with Crippen LogP contribution >= 0.6 is 0 Å². The number of rotatable bonds is 10. The molecule has 2 amide bonds. The molecule has 0 radical (unpaired) electrons. The third-order valence-electron chi connectivity index (χ3n) is 8.06. The number of ether oxygens (including phenoxy) is 3. The summed E-state index contributed by atoms with van der Waals surface area (Å²) in [5, 5.41) is 15.0. The summed E-state index contributed by atoms with van der Waals surface area (Å²) in [6.07, 6.45) is 1.69. The first-order chi connectivity index (χ1) is 22.5. The van der Waals surface area contributed by atoms with Crippen molar-refractivity contribution in [3.8, 4) is 0 Å². The van der Waals surface area contributed by atoms with Crippen LogP contribution in [0.15, 0.2) is 109 Å². The Labute approximate surface area is 266 Å². The van der Waals surface area contributed by atoms with E-state index in [9.17, 15) is 14.7 Å². The van der Waals surface area contributed by atoms with E-state index >= 15 is 0 Å². The van der Waals surface area contributed by atoms with Crippen molar-refractivity contribution in [1.29, 1.82) is 0 Å². The van der Waals surface area contributed by atoms with Crippen LogP contribution in [0.4, 0.5) is 10.5 Å². The number of methoxy groups -OCH3 is 1. The summed E-state index contributed by atoms with van der Waals surface area (Å²) in [6, 6.07) is 31.0. The van der Waals surface area contributed by atoms with Crippen LogP contribution in [0.3, 0.4) is 0 Å². The molecule has 0 spiro atoms. The van der Waals surface area contributed by atoms with Crippen LogP contribution < -0.4 is 10.6 Å². The van der Waals surface area contributed by atoms with Crippen LogP contribution in [0.1, 0.15) is 41.1 Å². The van der Waals surface area contributed by atoms with Crippen LogP contribution in [-0.4, -0.2) is 45.9 Å². The lowest BCUT2D eigenvalue weighted by Gasteiger charge is -2.36. The van der Waals surface area contributed by atoms with Crippen LogP contribution in [0, 0.1) is 0 Å². The fourth-order valence-electron chi connectivity index (χ4n) is 5.64. The van der Waals surface area contributed by atoms with Gasteiger partial charge in [0, 0.05) is 24.1 Å². The molecule has 10 heteroatoms. The first-order valence-electron chi connectivity index (χ1n) is 15.2. The zero-order valence-electron chi connectivity index (χ0n) is 25.4. The van der Waals surface area contributed by atoms with Gasteiger partial charge in [0.15, 0.2) is 6.29 Å². The number of aromatic nitrogens is 2. The van der Waals surface area contributed by atoms with E-state index in [2.05, 4.69) is 20.2 Å². The molecule has 4 unspecified atom stereocenters. The quantitative estimate of drug-likeness (QED) is 0.172. The van der Waals surface area contributed by atoms with Gasteiger partial charge in [0.1, 0.15) is 6.04 Å². The highest BCUT2D eigenvalue weighted by Crippen LogP contribution is 2.39. The van der Waals surface area contributed by atoms with Gasteiger partial charge in [-0.05, 0) is 41.0 Å². The van der Waals surface area contributed by atoms with E-state index in [1.165, 1.54) is 7.11 Å². The molecule has 6 rings (SSSR count). The number of hydrogen-bond acceptors (Lipinski definition) is 7. The van der Waals surface area contributed by atoms with E-state index < -0.39 is 24.3 Å². The predicted molar refractivity (Wildman–Crippen MR) is 173 cm³/mol. The molecule has 5 aromatic rings. The molecule has 2 heterocycles. The van der Waals surface area contributed by atoms with Crippen molar-refractivity contribution in [2.24, 2.45) is 0 Å². The van der Waals surface area contributed by atoms with E-state index in [1.807, 2.05) is 97.3 Å². The summed E-state index contributed by atoms with van der Waals surface area (Å²) in [5.74, 6) is -0.528. The van der Waals surface area contributed by atoms with E-state index in [1.54, 1.807) is 12.1 Å². The van der Waals surface area contributed by atoms with Gasteiger partial charge in [0.2, 0.25) is 0 Å². The Bertz CT molecular complexity index is 1760. The molecule has 1 saturated heterocycles. The number of nitrogens with one attached hydrogen (secondary N) is 2. The number of hydrogen-bond donors (Lipinski definition) is 3. The van der Waals surface area contributed by atoms with Crippen molar-refractivity contribution in [1.82, 2.24) is 14.9 Å². The first kappa shape index (κ1) is 31.0. The summed E-state index contributed by atoms with van der Waals surface area (Å²) >= 11 is 0. The molecule has 46 heavy (non-hydrogen) atoms. The highest BCUT2D eigenvalue weighted by atomic mass is 16.7. The molecular weight excluding hydrogens is 584 g/mol. The largest absolute Gasteiger partial charge is 0.467 e. The molecule has 0 bridgehead atoms.